The molecule has 3 heterocycles. The molecule has 1 saturated heterocycles. The van der Waals surface area contributed by atoms with Crippen LogP contribution in [0.1, 0.15) is 6.42 Å². The van der Waals surface area contributed by atoms with Gasteiger partial charge in [-0.2, -0.15) is 0 Å². The van der Waals surface area contributed by atoms with Gasteiger partial charge >= 0.3 is 5.97 Å². The molecule has 2 aromatic heterocycles. The molecule has 0 bridgehead atoms. The van der Waals surface area contributed by atoms with E-state index in [0.29, 0.717) is 6.61 Å². The normalized spacial score (nSPS) is 19.4. The van der Waals surface area contributed by atoms with Crippen molar-refractivity contribution in [1.29, 1.82) is 0 Å². The highest BCUT2D eigenvalue weighted by molar-refractivity contribution is 8.00. The number of cyclic esters (lactones) is 1. The zero-order chi connectivity index (χ0) is 12.8. The lowest BCUT2D eigenvalue weighted by atomic mass is 10.3. The van der Waals surface area contributed by atoms with E-state index in [9.17, 15) is 4.79 Å². The molecule has 4 rings (SSSR count). The van der Waals surface area contributed by atoms with Crippen molar-refractivity contribution in [2.75, 3.05) is 6.61 Å². The summed E-state index contributed by atoms with van der Waals surface area (Å²) in [5.74, 6) is -0.152. The molecule has 1 atom stereocenters. The van der Waals surface area contributed by atoms with E-state index >= 15 is 0 Å². The summed E-state index contributed by atoms with van der Waals surface area (Å²) in [5, 5.41) is 8.96. The van der Waals surface area contributed by atoms with Crippen molar-refractivity contribution in [2.24, 2.45) is 0 Å². The first-order valence-electron chi connectivity index (χ1n) is 5.89. The van der Waals surface area contributed by atoms with Crippen LogP contribution in [0.25, 0.3) is 15.2 Å². The van der Waals surface area contributed by atoms with E-state index in [1.165, 1.54) is 16.5 Å². The van der Waals surface area contributed by atoms with Gasteiger partial charge in [-0.05, 0) is 12.1 Å². The minimum absolute atomic E-state index is 0.152. The first kappa shape index (κ1) is 11.2. The molecule has 19 heavy (non-hydrogen) atoms. The van der Waals surface area contributed by atoms with Gasteiger partial charge in [-0.15, -0.1) is 10.2 Å². The van der Waals surface area contributed by atoms with Crippen LogP contribution in [-0.4, -0.2) is 32.4 Å². The number of thiazole rings is 1. The van der Waals surface area contributed by atoms with Gasteiger partial charge < -0.3 is 4.74 Å². The average molecular weight is 291 g/mol. The van der Waals surface area contributed by atoms with Gasteiger partial charge in [0.2, 0.25) is 4.96 Å². The lowest BCUT2D eigenvalue weighted by Crippen LogP contribution is -2.10. The molecule has 0 radical (unpaired) electrons. The van der Waals surface area contributed by atoms with Gasteiger partial charge in [-0.1, -0.05) is 35.2 Å². The van der Waals surface area contributed by atoms with Crippen molar-refractivity contribution in [2.45, 2.75) is 16.8 Å². The molecular weight excluding hydrogens is 282 g/mol. The zero-order valence-electron chi connectivity index (χ0n) is 9.78. The average Bonchev–Trinajstić information content (AvgIpc) is 3.07. The van der Waals surface area contributed by atoms with Crippen molar-refractivity contribution in [3.8, 4) is 0 Å². The van der Waals surface area contributed by atoms with Crippen LogP contribution in [-0.2, 0) is 9.53 Å². The number of ether oxygens (including phenoxy) is 1. The zero-order valence-corrected chi connectivity index (χ0v) is 11.4. The number of fused-ring (bicyclic) bond motifs is 3. The van der Waals surface area contributed by atoms with E-state index < -0.39 is 0 Å². The van der Waals surface area contributed by atoms with Gasteiger partial charge in [0.1, 0.15) is 5.25 Å². The minimum atomic E-state index is -0.161. The monoisotopic (exact) mass is 291 g/mol. The molecule has 0 unspecified atom stereocenters. The molecule has 0 N–H and O–H groups in total. The van der Waals surface area contributed by atoms with Crippen molar-refractivity contribution >= 4 is 44.2 Å². The maximum absolute atomic E-state index is 11.5. The largest absolute Gasteiger partial charge is 0.465 e. The summed E-state index contributed by atoms with van der Waals surface area (Å²) in [5.41, 5.74) is 1.08. The molecule has 1 aliphatic heterocycles. The molecule has 7 heteroatoms. The summed E-state index contributed by atoms with van der Waals surface area (Å²) >= 11 is 3.04. The molecule has 1 fully saturated rings. The second-order valence-corrected chi connectivity index (χ2v) is 6.41. The number of rotatable bonds is 2. The van der Waals surface area contributed by atoms with Crippen LogP contribution < -0.4 is 0 Å². The van der Waals surface area contributed by atoms with Gasteiger partial charge in [0.05, 0.1) is 16.8 Å². The van der Waals surface area contributed by atoms with E-state index in [-0.39, 0.29) is 11.2 Å². The Balaban J connectivity index is 1.83. The van der Waals surface area contributed by atoms with Crippen LogP contribution in [0.15, 0.2) is 29.4 Å². The molecule has 3 aromatic rings. The SMILES string of the molecule is O=C1OCC[C@@H]1Sc1nnc2sc3ccccc3n12. The third-order valence-corrected chi connectivity index (χ3v) is 5.25. The third-order valence-electron chi connectivity index (χ3n) is 3.05. The van der Waals surface area contributed by atoms with Gasteiger partial charge in [0.15, 0.2) is 5.16 Å². The van der Waals surface area contributed by atoms with Crippen LogP contribution in [0.4, 0.5) is 0 Å². The Labute approximate surface area is 116 Å². The van der Waals surface area contributed by atoms with Gasteiger partial charge in [0.25, 0.3) is 0 Å². The molecule has 0 saturated carbocycles. The first-order chi connectivity index (χ1) is 9.33. The fraction of sp³-hybridized carbons (Fsp3) is 0.250. The Hall–Kier alpha value is -1.60. The molecule has 0 amide bonds. The Morgan fingerprint density at radius 1 is 1.37 bits per heavy atom. The van der Waals surface area contributed by atoms with Crippen LogP contribution in [0.2, 0.25) is 0 Å². The number of nitrogens with zero attached hydrogens (tertiary/aromatic N) is 3. The Bertz CT molecular complexity index is 780. The highest BCUT2D eigenvalue weighted by Gasteiger charge is 2.29. The summed E-state index contributed by atoms with van der Waals surface area (Å²) in [6.45, 7) is 0.503. The summed E-state index contributed by atoms with van der Waals surface area (Å²) in [7, 11) is 0. The molecule has 0 aliphatic carbocycles. The van der Waals surface area contributed by atoms with Crippen LogP contribution in [0.5, 0.6) is 0 Å². The molecule has 1 aliphatic rings. The smallest absolute Gasteiger partial charge is 0.319 e. The fourth-order valence-electron chi connectivity index (χ4n) is 2.14. The second kappa shape index (κ2) is 4.21. The number of carbonyl (C=O) groups excluding carboxylic acids is 1. The van der Waals surface area contributed by atoms with Crippen molar-refractivity contribution in [3.05, 3.63) is 24.3 Å². The molecular formula is C12H9N3O2S2. The number of aromatic nitrogens is 3. The number of thioether (sulfide) groups is 1. The quantitative estimate of drug-likeness (QED) is 0.678. The van der Waals surface area contributed by atoms with E-state index in [1.54, 1.807) is 11.3 Å². The van der Waals surface area contributed by atoms with Crippen LogP contribution in [0, 0.1) is 0 Å². The number of para-hydroxylation sites is 1. The predicted molar refractivity (Wildman–Crippen MR) is 73.6 cm³/mol. The fourth-order valence-corrected chi connectivity index (χ4v) is 4.18. The number of esters is 1. The standard InChI is InChI=1S/C12H9N3O2S2/c16-10-9(5-6-17-10)19-12-14-13-11-15(12)7-3-1-2-4-8(7)18-11/h1-4,9H,5-6H2/t9-/m0/s1. The summed E-state index contributed by atoms with van der Waals surface area (Å²) in [4.78, 5) is 12.4. The number of hydrogen-bond acceptors (Lipinski definition) is 6. The first-order valence-corrected chi connectivity index (χ1v) is 7.58. The van der Waals surface area contributed by atoms with E-state index in [4.69, 9.17) is 4.74 Å². The third kappa shape index (κ3) is 1.73. The minimum Gasteiger partial charge on any atom is -0.465 e. The van der Waals surface area contributed by atoms with Crippen molar-refractivity contribution in [3.63, 3.8) is 0 Å². The maximum atomic E-state index is 11.5. The van der Waals surface area contributed by atoms with Gasteiger partial charge in [-0.3, -0.25) is 9.20 Å². The molecule has 0 spiro atoms. The molecule has 96 valence electrons. The highest BCUT2D eigenvalue weighted by atomic mass is 32.2. The summed E-state index contributed by atoms with van der Waals surface area (Å²) in [6, 6.07) is 8.10. The molecule has 5 nitrogen and oxygen atoms in total. The Morgan fingerprint density at radius 3 is 3.11 bits per heavy atom. The highest BCUT2D eigenvalue weighted by Crippen LogP contribution is 2.33. The second-order valence-electron chi connectivity index (χ2n) is 4.23. The van der Waals surface area contributed by atoms with E-state index in [2.05, 4.69) is 16.3 Å². The topological polar surface area (TPSA) is 56.5 Å². The number of hydrogen-bond donors (Lipinski definition) is 0. The van der Waals surface area contributed by atoms with Gasteiger partial charge in [0, 0.05) is 6.42 Å². The number of benzene rings is 1. The number of carbonyl (C=O) groups is 1. The van der Waals surface area contributed by atoms with Crippen molar-refractivity contribution in [1.82, 2.24) is 14.6 Å². The Morgan fingerprint density at radius 2 is 2.26 bits per heavy atom. The molecule has 1 aromatic carbocycles. The predicted octanol–water partition coefficient (Wildman–Crippen LogP) is 2.35. The summed E-state index contributed by atoms with van der Waals surface area (Å²) < 4.78 is 8.16. The maximum Gasteiger partial charge on any atom is 0.319 e. The van der Waals surface area contributed by atoms with Crippen LogP contribution >= 0.6 is 23.1 Å². The van der Waals surface area contributed by atoms with Crippen molar-refractivity contribution < 1.29 is 9.53 Å². The van der Waals surface area contributed by atoms with Crippen LogP contribution in [0.3, 0.4) is 0 Å². The van der Waals surface area contributed by atoms with E-state index in [1.807, 2.05) is 22.6 Å². The lowest BCUT2D eigenvalue weighted by Gasteiger charge is -2.02. The Kier molecular flexibility index (Phi) is 2.49. The van der Waals surface area contributed by atoms with Gasteiger partial charge in [-0.25, -0.2) is 0 Å². The van der Waals surface area contributed by atoms with E-state index in [0.717, 1.165) is 22.1 Å². The lowest BCUT2D eigenvalue weighted by molar-refractivity contribution is -0.137. The summed E-state index contributed by atoms with van der Waals surface area (Å²) in [6.07, 6.45) is 0.737.